The van der Waals surface area contributed by atoms with Crippen LogP contribution in [0.5, 0.6) is 0 Å². The molecular weight excluding hydrogens is 270 g/mol. The van der Waals surface area contributed by atoms with Gasteiger partial charge in [-0.05, 0) is 33.3 Å². The van der Waals surface area contributed by atoms with Gasteiger partial charge in [0, 0.05) is 35.0 Å². The molecule has 3 heterocycles. The Balaban J connectivity index is 1.70. The quantitative estimate of drug-likeness (QED) is 0.924. The number of hydrogen-bond acceptors (Lipinski definition) is 3. The second-order valence-corrected chi connectivity index (χ2v) is 6.95. The van der Waals surface area contributed by atoms with Crippen LogP contribution in [0.1, 0.15) is 38.1 Å². The summed E-state index contributed by atoms with van der Waals surface area (Å²) in [5, 5.41) is 3.16. The minimum Gasteiger partial charge on any atom is -0.347 e. The molecule has 0 spiro atoms. The highest BCUT2D eigenvalue weighted by Gasteiger charge is 2.22. The van der Waals surface area contributed by atoms with E-state index < -0.39 is 0 Å². The fourth-order valence-corrected chi connectivity index (χ4v) is 3.74. The van der Waals surface area contributed by atoms with Gasteiger partial charge in [-0.15, -0.1) is 11.3 Å². The van der Waals surface area contributed by atoms with Gasteiger partial charge in [0.2, 0.25) is 0 Å². The molecule has 20 heavy (non-hydrogen) atoms. The van der Waals surface area contributed by atoms with Crippen LogP contribution in [0.15, 0.2) is 12.3 Å². The molecule has 2 aromatic heterocycles. The predicted octanol–water partition coefficient (Wildman–Crippen LogP) is 2.61. The van der Waals surface area contributed by atoms with Gasteiger partial charge in [0.1, 0.15) is 5.82 Å². The molecule has 0 radical (unpaired) electrons. The maximum absolute atomic E-state index is 12.3. The van der Waals surface area contributed by atoms with Crippen molar-refractivity contribution in [1.29, 1.82) is 0 Å². The van der Waals surface area contributed by atoms with Crippen LogP contribution in [0.4, 0.5) is 0 Å². The standard InChI is InChI=1S/C15H19N3OS/c1-9-7-18-8-12(4-5-14(18)16-9)17-15(19)13-6-10(2)20-11(13)3/h6-7,12H,4-5,8H2,1-3H3,(H,17,19)/t12-/m0/s1. The van der Waals surface area contributed by atoms with Gasteiger partial charge in [-0.1, -0.05) is 0 Å². The maximum Gasteiger partial charge on any atom is 0.252 e. The fourth-order valence-electron chi connectivity index (χ4n) is 2.82. The Bertz CT molecular complexity index is 656. The first kappa shape index (κ1) is 13.4. The molecule has 106 valence electrons. The fraction of sp³-hybridized carbons (Fsp3) is 0.467. The van der Waals surface area contributed by atoms with Crippen molar-refractivity contribution in [2.24, 2.45) is 0 Å². The number of aromatic nitrogens is 2. The lowest BCUT2D eigenvalue weighted by Crippen LogP contribution is -2.40. The van der Waals surface area contributed by atoms with E-state index in [1.165, 1.54) is 4.88 Å². The van der Waals surface area contributed by atoms with E-state index in [4.69, 9.17) is 0 Å². The van der Waals surface area contributed by atoms with Crippen LogP contribution in [-0.4, -0.2) is 21.5 Å². The summed E-state index contributed by atoms with van der Waals surface area (Å²) >= 11 is 1.68. The molecule has 0 saturated heterocycles. The molecule has 0 bridgehead atoms. The number of nitrogens with zero attached hydrogens (tertiary/aromatic N) is 2. The molecular formula is C15H19N3OS. The zero-order valence-electron chi connectivity index (χ0n) is 12.1. The van der Waals surface area contributed by atoms with Gasteiger partial charge in [-0.2, -0.15) is 0 Å². The van der Waals surface area contributed by atoms with E-state index in [0.29, 0.717) is 0 Å². The predicted molar refractivity (Wildman–Crippen MR) is 80.3 cm³/mol. The summed E-state index contributed by atoms with van der Waals surface area (Å²) in [6, 6.07) is 2.17. The van der Waals surface area contributed by atoms with Crippen LogP contribution in [0.3, 0.4) is 0 Å². The second kappa shape index (κ2) is 5.05. The summed E-state index contributed by atoms with van der Waals surface area (Å²) < 4.78 is 2.16. The zero-order chi connectivity index (χ0) is 14.3. The summed E-state index contributed by atoms with van der Waals surface area (Å²) in [6.07, 6.45) is 3.96. The number of imidazole rings is 1. The highest BCUT2D eigenvalue weighted by molar-refractivity contribution is 7.12. The molecule has 0 unspecified atom stereocenters. The molecule has 0 fully saturated rings. The average Bonchev–Trinajstić information content (AvgIpc) is 2.90. The monoisotopic (exact) mass is 289 g/mol. The van der Waals surface area contributed by atoms with Crippen molar-refractivity contribution >= 4 is 17.2 Å². The summed E-state index contributed by atoms with van der Waals surface area (Å²) in [6.45, 7) is 6.88. The molecule has 0 aliphatic carbocycles. The number of rotatable bonds is 2. The molecule has 2 aromatic rings. The van der Waals surface area contributed by atoms with Crippen molar-refractivity contribution in [3.63, 3.8) is 0 Å². The first-order valence-electron chi connectivity index (χ1n) is 6.93. The second-order valence-electron chi connectivity index (χ2n) is 5.49. The molecule has 1 N–H and O–H groups in total. The van der Waals surface area contributed by atoms with Crippen LogP contribution in [0.25, 0.3) is 0 Å². The first-order chi connectivity index (χ1) is 9.52. The third-order valence-corrected chi connectivity index (χ3v) is 4.70. The van der Waals surface area contributed by atoms with Crippen molar-refractivity contribution in [2.45, 2.75) is 46.2 Å². The minimum atomic E-state index is 0.0529. The van der Waals surface area contributed by atoms with E-state index in [1.807, 2.05) is 26.8 Å². The lowest BCUT2D eigenvalue weighted by molar-refractivity contribution is 0.0927. The largest absolute Gasteiger partial charge is 0.347 e. The van der Waals surface area contributed by atoms with E-state index in [0.717, 1.165) is 41.3 Å². The number of aryl methyl sites for hydroxylation is 4. The van der Waals surface area contributed by atoms with Crippen LogP contribution in [0.2, 0.25) is 0 Å². The SMILES string of the molecule is Cc1cn2c(n1)CC[C@H](NC(=O)c1cc(C)sc1C)C2. The van der Waals surface area contributed by atoms with Gasteiger partial charge >= 0.3 is 0 Å². The van der Waals surface area contributed by atoms with Gasteiger partial charge in [0.25, 0.3) is 5.91 Å². The van der Waals surface area contributed by atoms with Crippen molar-refractivity contribution in [3.8, 4) is 0 Å². The molecule has 1 aliphatic heterocycles. The van der Waals surface area contributed by atoms with Gasteiger partial charge in [-0.3, -0.25) is 4.79 Å². The highest BCUT2D eigenvalue weighted by atomic mass is 32.1. The number of thiophene rings is 1. The first-order valence-corrected chi connectivity index (χ1v) is 7.75. The van der Waals surface area contributed by atoms with E-state index in [2.05, 4.69) is 21.1 Å². The Morgan fingerprint density at radius 1 is 1.45 bits per heavy atom. The molecule has 5 heteroatoms. The van der Waals surface area contributed by atoms with Crippen molar-refractivity contribution < 1.29 is 4.79 Å². The lowest BCUT2D eigenvalue weighted by Gasteiger charge is -2.24. The Morgan fingerprint density at radius 3 is 2.95 bits per heavy atom. The van der Waals surface area contributed by atoms with E-state index >= 15 is 0 Å². The number of amides is 1. The number of fused-ring (bicyclic) bond motifs is 1. The smallest absolute Gasteiger partial charge is 0.252 e. The summed E-state index contributed by atoms with van der Waals surface area (Å²) in [5.41, 5.74) is 1.87. The molecule has 0 aromatic carbocycles. The minimum absolute atomic E-state index is 0.0529. The van der Waals surface area contributed by atoms with E-state index in [-0.39, 0.29) is 11.9 Å². The normalized spacial score (nSPS) is 17.9. The van der Waals surface area contributed by atoms with Gasteiger partial charge in [-0.25, -0.2) is 4.98 Å². The zero-order valence-corrected chi connectivity index (χ0v) is 12.9. The Kier molecular flexibility index (Phi) is 3.38. The Hall–Kier alpha value is -1.62. The Morgan fingerprint density at radius 2 is 2.25 bits per heavy atom. The third-order valence-electron chi connectivity index (χ3n) is 3.73. The van der Waals surface area contributed by atoms with Crippen LogP contribution < -0.4 is 5.32 Å². The number of hydrogen-bond donors (Lipinski definition) is 1. The molecule has 0 saturated carbocycles. The van der Waals surface area contributed by atoms with Gasteiger partial charge < -0.3 is 9.88 Å². The van der Waals surface area contributed by atoms with Crippen molar-refractivity contribution in [3.05, 3.63) is 39.1 Å². The van der Waals surface area contributed by atoms with Gasteiger partial charge in [0.15, 0.2) is 0 Å². The van der Waals surface area contributed by atoms with Crippen molar-refractivity contribution in [2.75, 3.05) is 0 Å². The van der Waals surface area contributed by atoms with Gasteiger partial charge in [0.05, 0.1) is 11.3 Å². The topological polar surface area (TPSA) is 46.9 Å². The number of carbonyl (C=O) groups is 1. The van der Waals surface area contributed by atoms with Crippen LogP contribution >= 0.6 is 11.3 Å². The molecule has 3 rings (SSSR count). The lowest BCUT2D eigenvalue weighted by atomic mass is 10.1. The summed E-state index contributed by atoms with van der Waals surface area (Å²) in [4.78, 5) is 19.1. The molecule has 4 nitrogen and oxygen atoms in total. The molecule has 1 amide bonds. The maximum atomic E-state index is 12.3. The van der Waals surface area contributed by atoms with Crippen LogP contribution in [-0.2, 0) is 13.0 Å². The Labute approximate surface area is 122 Å². The van der Waals surface area contributed by atoms with E-state index in [1.54, 1.807) is 11.3 Å². The third kappa shape index (κ3) is 2.50. The number of nitrogens with one attached hydrogen (secondary N) is 1. The highest BCUT2D eigenvalue weighted by Crippen LogP contribution is 2.21. The average molecular weight is 289 g/mol. The summed E-state index contributed by atoms with van der Waals surface area (Å²) in [7, 11) is 0. The van der Waals surface area contributed by atoms with Crippen molar-refractivity contribution in [1.82, 2.24) is 14.9 Å². The van der Waals surface area contributed by atoms with Crippen LogP contribution in [0, 0.1) is 20.8 Å². The van der Waals surface area contributed by atoms with E-state index in [9.17, 15) is 4.79 Å². The molecule has 1 atom stereocenters. The summed E-state index contributed by atoms with van der Waals surface area (Å²) in [5.74, 6) is 1.19. The molecule has 1 aliphatic rings. The number of carbonyl (C=O) groups excluding carboxylic acids is 1.